The van der Waals surface area contributed by atoms with Crippen molar-refractivity contribution < 1.29 is 27.6 Å². The normalized spacial score (nSPS) is 12.5. The van der Waals surface area contributed by atoms with Gasteiger partial charge in [0.25, 0.3) is 0 Å². The summed E-state index contributed by atoms with van der Waals surface area (Å²) >= 11 is 0. The standard InChI is InChI=1S/C16H14F2N3O4S/c1-24-14-9(7-22)4-5-19-13(14)8-26(23)16-20-11-3-2-10(25-15(17)18)6-12(11)21-16/h2-6,15,22H,7-8H2,1H3/q-1. The van der Waals surface area contributed by atoms with Crippen LogP contribution in [0.1, 0.15) is 11.3 Å². The van der Waals surface area contributed by atoms with Gasteiger partial charge >= 0.3 is 6.61 Å². The third-order valence-electron chi connectivity index (χ3n) is 3.51. The zero-order chi connectivity index (χ0) is 18.7. The number of hydrogen-bond acceptors (Lipinski definition) is 6. The molecule has 0 saturated heterocycles. The number of aromatic nitrogens is 3. The Hall–Kier alpha value is -2.59. The van der Waals surface area contributed by atoms with E-state index in [9.17, 15) is 18.1 Å². The van der Waals surface area contributed by atoms with Crippen molar-refractivity contribution in [2.24, 2.45) is 0 Å². The van der Waals surface area contributed by atoms with E-state index in [0.717, 1.165) is 0 Å². The maximum absolute atomic E-state index is 12.6. The summed E-state index contributed by atoms with van der Waals surface area (Å²) in [5.41, 5.74) is 1.64. The summed E-state index contributed by atoms with van der Waals surface area (Å²) in [5.74, 6) is 0.282. The van der Waals surface area contributed by atoms with Gasteiger partial charge in [0.05, 0.1) is 36.0 Å². The van der Waals surface area contributed by atoms with Crippen molar-refractivity contribution in [3.05, 3.63) is 41.7 Å². The van der Waals surface area contributed by atoms with E-state index in [1.54, 1.807) is 6.07 Å². The van der Waals surface area contributed by atoms with Crippen molar-refractivity contribution in [3.8, 4) is 11.5 Å². The third-order valence-corrected chi connectivity index (χ3v) is 4.64. The minimum absolute atomic E-state index is 0.0201. The van der Waals surface area contributed by atoms with E-state index in [4.69, 9.17) is 4.74 Å². The van der Waals surface area contributed by atoms with Gasteiger partial charge in [0.15, 0.2) is 0 Å². The number of rotatable bonds is 7. The van der Waals surface area contributed by atoms with Crippen LogP contribution in [-0.2, 0) is 23.2 Å². The molecular formula is C16H14F2N3O4S-. The van der Waals surface area contributed by atoms with Crippen molar-refractivity contribution in [1.82, 2.24) is 15.0 Å². The Morgan fingerprint density at radius 3 is 2.85 bits per heavy atom. The van der Waals surface area contributed by atoms with E-state index >= 15 is 0 Å². The number of hydrogen-bond donors (Lipinski definition) is 1. The quantitative estimate of drug-likeness (QED) is 0.668. The predicted octanol–water partition coefficient (Wildman–Crippen LogP) is 2.00. The molecule has 10 heteroatoms. The predicted molar refractivity (Wildman–Crippen MR) is 88.5 cm³/mol. The molecule has 3 aromatic rings. The lowest BCUT2D eigenvalue weighted by Crippen LogP contribution is -2.05. The van der Waals surface area contributed by atoms with Crippen molar-refractivity contribution in [1.29, 1.82) is 0 Å². The zero-order valence-corrected chi connectivity index (χ0v) is 14.4. The van der Waals surface area contributed by atoms with Gasteiger partial charge in [-0.3, -0.25) is 9.19 Å². The van der Waals surface area contributed by atoms with Crippen molar-refractivity contribution >= 4 is 21.8 Å². The van der Waals surface area contributed by atoms with Crippen LogP contribution in [-0.4, -0.2) is 33.0 Å². The van der Waals surface area contributed by atoms with Crippen molar-refractivity contribution in [2.75, 3.05) is 7.11 Å². The smallest absolute Gasteiger partial charge is 0.387 e. The van der Waals surface area contributed by atoms with E-state index in [-0.39, 0.29) is 23.3 Å². The molecule has 0 saturated carbocycles. The third kappa shape index (κ3) is 3.81. The molecule has 1 atom stereocenters. The highest BCUT2D eigenvalue weighted by molar-refractivity contribution is 7.84. The monoisotopic (exact) mass is 382 g/mol. The minimum atomic E-state index is -2.94. The number of alkyl halides is 2. The second kappa shape index (κ2) is 7.75. The fourth-order valence-electron chi connectivity index (χ4n) is 2.40. The number of fused-ring (bicyclic) bond motifs is 1. The van der Waals surface area contributed by atoms with Crippen LogP contribution < -0.4 is 14.5 Å². The minimum Gasteiger partial charge on any atom is -0.494 e. The van der Waals surface area contributed by atoms with Gasteiger partial charge < -0.3 is 24.5 Å². The Morgan fingerprint density at radius 2 is 2.15 bits per heavy atom. The molecule has 138 valence electrons. The molecule has 0 aliphatic rings. The van der Waals surface area contributed by atoms with Crippen LogP contribution in [0.5, 0.6) is 11.5 Å². The van der Waals surface area contributed by atoms with E-state index in [0.29, 0.717) is 28.0 Å². The average Bonchev–Trinajstić information content (AvgIpc) is 3.04. The molecule has 0 aliphatic heterocycles. The summed E-state index contributed by atoms with van der Waals surface area (Å²) in [6, 6.07) is 5.71. The SMILES string of the molecule is COc1c(CO)ccnc1CS(=O)c1nc2cc(OC(F)F)ccc2[n-]1. The number of pyridine rings is 1. The number of nitrogens with zero attached hydrogens (tertiary/aromatic N) is 3. The number of aliphatic hydroxyl groups excluding tert-OH is 1. The molecule has 0 amide bonds. The number of methoxy groups -OCH3 is 1. The first-order valence-electron chi connectivity index (χ1n) is 7.41. The Bertz CT molecular complexity index is 948. The number of halogens is 2. The molecular weight excluding hydrogens is 368 g/mol. The fraction of sp³-hybridized carbons (Fsp3) is 0.250. The molecule has 0 spiro atoms. The Labute approximate surface area is 149 Å². The number of benzene rings is 1. The molecule has 0 aliphatic carbocycles. The number of aliphatic hydroxyl groups is 1. The first kappa shape index (κ1) is 18.2. The van der Waals surface area contributed by atoms with Crippen LogP contribution in [0.4, 0.5) is 8.78 Å². The number of ether oxygens (including phenoxy) is 2. The molecule has 1 aromatic carbocycles. The summed E-state index contributed by atoms with van der Waals surface area (Å²) in [7, 11) is -0.211. The average molecular weight is 382 g/mol. The fourth-order valence-corrected chi connectivity index (χ4v) is 3.38. The molecule has 3 rings (SSSR count). The van der Waals surface area contributed by atoms with Gasteiger partial charge in [-0.15, -0.1) is 0 Å². The summed E-state index contributed by atoms with van der Waals surface area (Å²) in [6.45, 7) is -3.18. The molecule has 1 unspecified atom stereocenters. The first-order chi connectivity index (χ1) is 12.5. The molecule has 7 nitrogen and oxygen atoms in total. The maximum Gasteiger partial charge on any atom is 0.387 e. The topological polar surface area (TPSA) is 95.6 Å². The largest absolute Gasteiger partial charge is 0.494 e. The molecule has 26 heavy (non-hydrogen) atoms. The molecule has 0 radical (unpaired) electrons. The molecule has 1 N–H and O–H groups in total. The van der Waals surface area contributed by atoms with Crippen molar-refractivity contribution in [3.63, 3.8) is 0 Å². The van der Waals surface area contributed by atoms with Crippen LogP contribution in [0.3, 0.4) is 0 Å². The summed E-state index contributed by atoms with van der Waals surface area (Å²) < 4.78 is 46.7. The van der Waals surface area contributed by atoms with Gasteiger partial charge in [-0.25, -0.2) is 0 Å². The Morgan fingerprint density at radius 1 is 1.35 bits per heavy atom. The first-order valence-corrected chi connectivity index (χ1v) is 8.73. The summed E-state index contributed by atoms with van der Waals surface area (Å²) in [5, 5.41) is 9.38. The highest BCUT2D eigenvalue weighted by Gasteiger charge is 2.13. The molecule has 2 aromatic heterocycles. The van der Waals surface area contributed by atoms with Gasteiger partial charge in [0.1, 0.15) is 11.5 Å². The second-order valence-electron chi connectivity index (χ2n) is 5.13. The van der Waals surface area contributed by atoms with Crippen molar-refractivity contribution in [2.45, 2.75) is 24.1 Å². The van der Waals surface area contributed by atoms with Gasteiger partial charge in [-0.1, -0.05) is 6.07 Å². The highest BCUT2D eigenvalue weighted by Crippen LogP contribution is 2.25. The summed E-state index contributed by atoms with van der Waals surface area (Å²) in [6.07, 6.45) is 1.48. The molecule has 0 fully saturated rings. The number of imidazole rings is 1. The molecule has 0 bridgehead atoms. The van der Waals surface area contributed by atoms with Crippen LogP contribution in [0.15, 0.2) is 35.6 Å². The van der Waals surface area contributed by atoms with E-state index in [1.807, 2.05) is 0 Å². The van der Waals surface area contributed by atoms with Gasteiger partial charge in [-0.2, -0.15) is 8.78 Å². The van der Waals surface area contributed by atoms with Crippen LogP contribution in [0, 0.1) is 0 Å². The van der Waals surface area contributed by atoms with Gasteiger partial charge in [0, 0.05) is 16.9 Å². The molecule has 2 heterocycles. The Balaban J connectivity index is 1.86. The van der Waals surface area contributed by atoms with E-state index < -0.39 is 17.4 Å². The maximum atomic E-state index is 12.6. The lowest BCUT2D eigenvalue weighted by molar-refractivity contribution is -0.0497. The van der Waals surface area contributed by atoms with E-state index in [2.05, 4.69) is 19.7 Å². The lowest BCUT2D eigenvalue weighted by atomic mass is 10.2. The zero-order valence-electron chi connectivity index (χ0n) is 13.6. The Kier molecular flexibility index (Phi) is 5.43. The second-order valence-corrected chi connectivity index (χ2v) is 6.48. The van der Waals surface area contributed by atoms with Crippen LogP contribution in [0.25, 0.3) is 11.0 Å². The summed E-state index contributed by atoms with van der Waals surface area (Å²) in [4.78, 5) is 12.4. The van der Waals surface area contributed by atoms with Gasteiger partial charge in [-0.05, 0) is 29.2 Å². The lowest BCUT2D eigenvalue weighted by Gasteiger charge is -2.11. The highest BCUT2D eigenvalue weighted by atomic mass is 32.2. The van der Waals surface area contributed by atoms with Gasteiger partial charge in [0.2, 0.25) is 0 Å². The van der Waals surface area contributed by atoms with Crippen LogP contribution in [0.2, 0.25) is 0 Å². The van der Waals surface area contributed by atoms with E-state index in [1.165, 1.54) is 31.5 Å². The van der Waals surface area contributed by atoms with Crippen LogP contribution >= 0.6 is 0 Å².